The summed E-state index contributed by atoms with van der Waals surface area (Å²) < 4.78 is 0. The molecule has 0 saturated heterocycles. The van der Waals surface area contributed by atoms with Crippen LogP contribution in [0.25, 0.3) is 0 Å². The Kier molecular flexibility index (Phi) is 3.88. The Labute approximate surface area is 91.0 Å². The van der Waals surface area contributed by atoms with Crippen molar-refractivity contribution < 1.29 is 0 Å². The summed E-state index contributed by atoms with van der Waals surface area (Å²) >= 11 is 15.4. The zero-order valence-corrected chi connectivity index (χ0v) is 9.75. The molecule has 0 heterocycles. The van der Waals surface area contributed by atoms with Crippen LogP contribution in [0.5, 0.6) is 0 Å². The van der Waals surface area contributed by atoms with E-state index < -0.39 is 0 Å². The molecule has 1 atom stereocenters. The van der Waals surface area contributed by atoms with Crippen molar-refractivity contribution in [2.45, 2.75) is 12.8 Å². The highest BCUT2D eigenvalue weighted by Gasteiger charge is 2.11. The molecule has 0 amide bonds. The quantitative estimate of drug-likeness (QED) is 0.693. The molecule has 0 aromatic heterocycles. The molecule has 0 fully saturated rings. The number of rotatable bonds is 2. The molecule has 0 bridgehead atoms. The van der Waals surface area contributed by atoms with Crippen molar-refractivity contribution in [3.05, 3.63) is 33.8 Å². The minimum atomic E-state index is 0.353. The second kappa shape index (κ2) is 4.50. The molecule has 0 N–H and O–H groups in total. The Balaban J connectivity index is 3.12. The van der Waals surface area contributed by atoms with Gasteiger partial charge in [-0.25, -0.2) is 0 Å². The van der Waals surface area contributed by atoms with Crippen LogP contribution in [0.1, 0.15) is 18.4 Å². The number of hydrogen-bond donors (Lipinski definition) is 0. The van der Waals surface area contributed by atoms with Crippen LogP contribution >= 0.6 is 39.1 Å². The fourth-order valence-corrected chi connectivity index (χ4v) is 2.15. The van der Waals surface area contributed by atoms with E-state index in [4.69, 9.17) is 23.2 Å². The Morgan fingerprint density at radius 2 is 1.83 bits per heavy atom. The molecule has 0 radical (unpaired) electrons. The minimum absolute atomic E-state index is 0.353. The summed E-state index contributed by atoms with van der Waals surface area (Å²) in [6.45, 7) is 2.09. The first kappa shape index (κ1) is 10.4. The molecule has 0 aliphatic heterocycles. The molecule has 3 heteroatoms. The van der Waals surface area contributed by atoms with Crippen LogP contribution in [-0.4, -0.2) is 5.33 Å². The number of hydrogen-bond acceptors (Lipinski definition) is 0. The van der Waals surface area contributed by atoms with Crippen molar-refractivity contribution in [2.24, 2.45) is 0 Å². The van der Waals surface area contributed by atoms with E-state index in [1.165, 1.54) is 0 Å². The van der Waals surface area contributed by atoms with Crippen molar-refractivity contribution in [3.8, 4) is 0 Å². The van der Waals surface area contributed by atoms with Gasteiger partial charge in [0, 0.05) is 15.4 Å². The first-order valence-electron chi connectivity index (χ1n) is 3.66. The predicted octanol–water partition coefficient (Wildman–Crippen LogP) is 4.49. The number of halogens is 3. The summed E-state index contributed by atoms with van der Waals surface area (Å²) in [5.41, 5.74) is 1.03. The zero-order chi connectivity index (χ0) is 9.14. The summed E-state index contributed by atoms with van der Waals surface area (Å²) in [4.78, 5) is 0. The molecule has 1 rings (SSSR count). The van der Waals surface area contributed by atoms with Crippen molar-refractivity contribution in [3.63, 3.8) is 0 Å². The molecule has 1 aromatic rings. The maximum absolute atomic E-state index is 6.00. The minimum Gasteiger partial charge on any atom is -0.0922 e. The monoisotopic (exact) mass is 266 g/mol. The third-order valence-electron chi connectivity index (χ3n) is 1.72. The van der Waals surface area contributed by atoms with Crippen molar-refractivity contribution >= 4 is 39.1 Å². The van der Waals surface area contributed by atoms with Crippen molar-refractivity contribution in [1.82, 2.24) is 0 Å². The molecule has 12 heavy (non-hydrogen) atoms. The highest BCUT2D eigenvalue weighted by atomic mass is 79.9. The maximum Gasteiger partial charge on any atom is 0.0455 e. The molecular formula is C9H9BrCl2. The van der Waals surface area contributed by atoms with E-state index in [1.807, 2.05) is 18.2 Å². The SMILES string of the molecule is CC(CBr)c1c(Cl)cccc1Cl. The van der Waals surface area contributed by atoms with Crippen LogP contribution < -0.4 is 0 Å². The highest BCUT2D eigenvalue weighted by molar-refractivity contribution is 9.09. The maximum atomic E-state index is 6.00. The molecule has 0 saturated carbocycles. The highest BCUT2D eigenvalue weighted by Crippen LogP contribution is 2.31. The second-order valence-electron chi connectivity index (χ2n) is 2.69. The van der Waals surface area contributed by atoms with Gasteiger partial charge < -0.3 is 0 Å². The lowest BCUT2D eigenvalue weighted by molar-refractivity contribution is 0.888. The first-order chi connectivity index (χ1) is 5.66. The van der Waals surface area contributed by atoms with E-state index in [0.717, 1.165) is 20.9 Å². The van der Waals surface area contributed by atoms with Crippen LogP contribution in [0.15, 0.2) is 18.2 Å². The molecule has 0 aliphatic carbocycles. The normalized spacial score (nSPS) is 13.0. The third kappa shape index (κ3) is 2.15. The standard InChI is InChI=1S/C9H9BrCl2/c1-6(5-10)9-7(11)3-2-4-8(9)12/h2-4,6H,5H2,1H3. The summed E-state index contributed by atoms with van der Waals surface area (Å²) in [7, 11) is 0. The van der Waals surface area contributed by atoms with Gasteiger partial charge in [-0.15, -0.1) is 0 Å². The van der Waals surface area contributed by atoms with Crippen LogP contribution in [-0.2, 0) is 0 Å². The van der Waals surface area contributed by atoms with Crippen LogP contribution in [0.4, 0.5) is 0 Å². The fraction of sp³-hybridized carbons (Fsp3) is 0.333. The molecule has 1 aromatic carbocycles. The zero-order valence-electron chi connectivity index (χ0n) is 6.65. The molecule has 1 unspecified atom stereocenters. The van der Waals surface area contributed by atoms with Gasteiger partial charge in [0.1, 0.15) is 0 Å². The van der Waals surface area contributed by atoms with Crippen LogP contribution in [0.2, 0.25) is 10.0 Å². The molecule has 0 aliphatic rings. The Hall–Kier alpha value is 0.280. The van der Waals surface area contributed by atoms with Gasteiger partial charge in [-0.1, -0.05) is 52.1 Å². The lowest BCUT2D eigenvalue weighted by Crippen LogP contribution is -1.96. The van der Waals surface area contributed by atoms with Crippen LogP contribution in [0.3, 0.4) is 0 Å². The van der Waals surface area contributed by atoms with Crippen LogP contribution in [0, 0.1) is 0 Å². The van der Waals surface area contributed by atoms with Crippen molar-refractivity contribution in [2.75, 3.05) is 5.33 Å². The third-order valence-corrected chi connectivity index (χ3v) is 3.35. The number of alkyl halides is 1. The average molecular weight is 268 g/mol. The van der Waals surface area contributed by atoms with Gasteiger partial charge in [-0.2, -0.15) is 0 Å². The van der Waals surface area contributed by atoms with E-state index in [0.29, 0.717) is 5.92 Å². The summed E-state index contributed by atoms with van der Waals surface area (Å²) in [6, 6.07) is 5.58. The summed E-state index contributed by atoms with van der Waals surface area (Å²) in [5, 5.41) is 2.36. The van der Waals surface area contributed by atoms with Gasteiger partial charge in [0.15, 0.2) is 0 Å². The van der Waals surface area contributed by atoms with E-state index in [-0.39, 0.29) is 0 Å². The van der Waals surface area contributed by atoms with Gasteiger partial charge >= 0.3 is 0 Å². The lowest BCUT2D eigenvalue weighted by Gasteiger charge is -2.11. The molecule has 0 spiro atoms. The largest absolute Gasteiger partial charge is 0.0922 e. The fourth-order valence-electron chi connectivity index (χ4n) is 1.06. The average Bonchev–Trinajstić information content (AvgIpc) is 2.03. The Morgan fingerprint density at radius 3 is 2.25 bits per heavy atom. The van der Waals surface area contributed by atoms with Crippen molar-refractivity contribution in [1.29, 1.82) is 0 Å². The molecule has 0 nitrogen and oxygen atoms in total. The number of benzene rings is 1. The molecule has 66 valence electrons. The molecular weight excluding hydrogens is 259 g/mol. The van der Waals surface area contributed by atoms with E-state index in [2.05, 4.69) is 22.9 Å². The predicted molar refractivity (Wildman–Crippen MR) is 58.7 cm³/mol. The topological polar surface area (TPSA) is 0 Å². The summed E-state index contributed by atoms with van der Waals surface area (Å²) in [6.07, 6.45) is 0. The van der Waals surface area contributed by atoms with Gasteiger partial charge in [0.2, 0.25) is 0 Å². The van der Waals surface area contributed by atoms with E-state index in [9.17, 15) is 0 Å². The summed E-state index contributed by atoms with van der Waals surface area (Å²) in [5.74, 6) is 0.353. The lowest BCUT2D eigenvalue weighted by atomic mass is 10.0. The van der Waals surface area contributed by atoms with E-state index in [1.54, 1.807) is 0 Å². The smallest absolute Gasteiger partial charge is 0.0455 e. The first-order valence-corrected chi connectivity index (χ1v) is 5.54. The van der Waals surface area contributed by atoms with Gasteiger partial charge in [-0.3, -0.25) is 0 Å². The van der Waals surface area contributed by atoms with Gasteiger partial charge in [0.05, 0.1) is 0 Å². The van der Waals surface area contributed by atoms with E-state index >= 15 is 0 Å². The van der Waals surface area contributed by atoms with Gasteiger partial charge in [-0.05, 0) is 23.6 Å². The van der Waals surface area contributed by atoms with Gasteiger partial charge in [0.25, 0.3) is 0 Å². The Bertz CT molecular complexity index is 253. The Morgan fingerprint density at radius 1 is 1.33 bits per heavy atom. The second-order valence-corrected chi connectivity index (χ2v) is 4.15.